The lowest BCUT2D eigenvalue weighted by Gasteiger charge is -2.53. The minimum Gasteiger partial charge on any atom is -0.295 e. The second-order valence-corrected chi connectivity index (χ2v) is 7.99. The van der Waals surface area contributed by atoms with Crippen molar-refractivity contribution < 1.29 is 4.79 Å². The van der Waals surface area contributed by atoms with E-state index in [4.69, 9.17) is 0 Å². The van der Waals surface area contributed by atoms with Crippen LogP contribution < -0.4 is 0 Å². The Morgan fingerprint density at radius 1 is 1.18 bits per heavy atom. The van der Waals surface area contributed by atoms with Gasteiger partial charge < -0.3 is 0 Å². The van der Waals surface area contributed by atoms with E-state index in [9.17, 15) is 4.79 Å². The maximum Gasteiger partial charge on any atom is 0.155 e. The fourth-order valence-electron chi connectivity index (χ4n) is 6.08. The molecule has 0 aromatic heterocycles. The van der Waals surface area contributed by atoms with Gasteiger partial charge in [-0.1, -0.05) is 24.5 Å². The first kappa shape index (κ1) is 14.3. The van der Waals surface area contributed by atoms with Gasteiger partial charge in [0.15, 0.2) is 5.78 Å². The van der Waals surface area contributed by atoms with E-state index >= 15 is 0 Å². The second kappa shape index (κ2) is 5.12. The smallest absolute Gasteiger partial charge is 0.155 e. The quantitative estimate of drug-likeness (QED) is 0.592. The molecule has 4 aliphatic rings. The number of allylic oxidation sites excluding steroid dienone is 4. The van der Waals surface area contributed by atoms with Crippen LogP contribution in [-0.2, 0) is 4.79 Å². The van der Waals surface area contributed by atoms with Crippen molar-refractivity contribution in [3.05, 3.63) is 23.3 Å². The molecule has 1 heteroatoms. The zero-order valence-electron chi connectivity index (χ0n) is 13.8. The maximum absolute atomic E-state index is 11.7. The van der Waals surface area contributed by atoms with Crippen LogP contribution in [0.2, 0.25) is 0 Å². The molecule has 0 spiro atoms. The largest absolute Gasteiger partial charge is 0.295 e. The van der Waals surface area contributed by atoms with Crippen molar-refractivity contribution in [2.45, 2.75) is 58.8 Å². The Bertz CT molecular complexity index is 626. The molecule has 0 aliphatic heterocycles. The first-order valence-corrected chi connectivity index (χ1v) is 9.00. The number of ketones is 1. The number of rotatable bonds is 0. The number of fused-ring (bicyclic) bond motifs is 5. The molecule has 2 fully saturated rings. The lowest BCUT2D eigenvalue weighted by atomic mass is 9.51. The molecule has 0 N–H and O–H groups in total. The molecule has 0 amide bonds. The molecular weight excluding hydrogens is 268 g/mol. The molecule has 0 aromatic carbocycles. The molecule has 5 atom stereocenters. The fourth-order valence-corrected chi connectivity index (χ4v) is 6.08. The summed E-state index contributed by atoms with van der Waals surface area (Å²) in [6.45, 7) is 4.42. The van der Waals surface area contributed by atoms with Gasteiger partial charge in [0.2, 0.25) is 0 Å². The van der Waals surface area contributed by atoms with Gasteiger partial charge in [-0.15, -0.1) is 5.92 Å². The summed E-state index contributed by atoms with van der Waals surface area (Å²) in [6, 6.07) is 0. The molecule has 0 saturated heterocycles. The monoisotopic (exact) mass is 294 g/mol. The first-order valence-electron chi connectivity index (χ1n) is 9.00. The van der Waals surface area contributed by atoms with Gasteiger partial charge in [0, 0.05) is 17.4 Å². The Balaban J connectivity index is 1.62. The third-order valence-corrected chi connectivity index (χ3v) is 7.14. The molecular formula is C21H26O. The van der Waals surface area contributed by atoms with Crippen LogP contribution in [-0.4, -0.2) is 5.78 Å². The van der Waals surface area contributed by atoms with Gasteiger partial charge in [-0.2, -0.15) is 0 Å². The van der Waals surface area contributed by atoms with Gasteiger partial charge in [0.05, 0.1) is 0 Å². The summed E-state index contributed by atoms with van der Waals surface area (Å²) >= 11 is 0. The summed E-state index contributed by atoms with van der Waals surface area (Å²) in [5, 5.41) is 0. The van der Waals surface area contributed by atoms with E-state index in [0.29, 0.717) is 17.1 Å². The molecule has 4 rings (SSSR count). The van der Waals surface area contributed by atoms with Gasteiger partial charge in [-0.25, -0.2) is 0 Å². The van der Waals surface area contributed by atoms with Crippen molar-refractivity contribution in [2.24, 2.45) is 29.1 Å². The second-order valence-electron chi connectivity index (χ2n) is 7.99. The van der Waals surface area contributed by atoms with Crippen LogP contribution in [0.3, 0.4) is 0 Å². The Morgan fingerprint density at radius 2 is 2.05 bits per heavy atom. The first-order chi connectivity index (χ1) is 10.6. The summed E-state index contributed by atoms with van der Waals surface area (Å²) in [4.78, 5) is 11.7. The van der Waals surface area contributed by atoms with Crippen LogP contribution in [0.25, 0.3) is 0 Å². The van der Waals surface area contributed by atoms with Crippen molar-refractivity contribution >= 4 is 5.78 Å². The van der Waals surface area contributed by atoms with Gasteiger partial charge in [0.25, 0.3) is 0 Å². The average molecular weight is 294 g/mol. The van der Waals surface area contributed by atoms with Crippen molar-refractivity contribution in [1.82, 2.24) is 0 Å². The van der Waals surface area contributed by atoms with Crippen molar-refractivity contribution in [2.75, 3.05) is 0 Å². The summed E-state index contributed by atoms with van der Waals surface area (Å²) in [7, 11) is 0. The Labute approximate surface area is 134 Å². The number of hydrogen-bond donors (Lipinski definition) is 0. The van der Waals surface area contributed by atoms with E-state index in [2.05, 4.69) is 24.8 Å². The molecule has 0 radical (unpaired) electrons. The zero-order valence-corrected chi connectivity index (χ0v) is 13.8. The minimum absolute atomic E-state index is 0.329. The van der Waals surface area contributed by atoms with Gasteiger partial charge in [-0.05, 0) is 75.2 Å². The van der Waals surface area contributed by atoms with Crippen molar-refractivity contribution in [3.8, 4) is 11.8 Å². The zero-order chi connectivity index (χ0) is 15.3. The average Bonchev–Trinajstić information content (AvgIpc) is 2.84. The van der Waals surface area contributed by atoms with Crippen LogP contribution in [0.1, 0.15) is 58.8 Å². The van der Waals surface area contributed by atoms with Gasteiger partial charge >= 0.3 is 0 Å². The van der Waals surface area contributed by atoms with Gasteiger partial charge in [-0.3, -0.25) is 4.79 Å². The van der Waals surface area contributed by atoms with Crippen LogP contribution in [0.5, 0.6) is 0 Å². The lowest BCUT2D eigenvalue weighted by molar-refractivity contribution is -0.115. The molecule has 0 aromatic rings. The van der Waals surface area contributed by atoms with E-state index in [1.807, 2.05) is 13.0 Å². The van der Waals surface area contributed by atoms with Gasteiger partial charge in [0.1, 0.15) is 0 Å². The highest BCUT2D eigenvalue weighted by atomic mass is 16.1. The molecule has 1 nitrogen and oxygen atoms in total. The van der Waals surface area contributed by atoms with Crippen molar-refractivity contribution in [3.63, 3.8) is 0 Å². The lowest BCUT2D eigenvalue weighted by Crippen LogP contribution is -2.45. The predicted molar refractivity (Wildman–Crippen MR) is 89.0 cm³/mol. The van der Waals surface area contributed by atoms with E-state index in [0.717, 1.165) is 30.6 Å². The fraction of sp³-hybridized carbons (Fsp3) is 0.667. The van der Waals surface area contributed by atoms with Crippen molar-refractivity contribution in [1.29, 1.82) is 0 Å². The van der Waals surface area contributed by atoms with Crippen LogP contribution in [0.15, 0.2) is 23.3 Å². The van der Waals surface area contributed by atoms with E-state index in [-0.39, 0.29) is 0 Å². The van der Waals surface area contributed by atoms with E-state index in [1.165, 1.54) is 43.3 Å². The number of carbonyl (C=O) groups is 1. The number of carbonyl (C=O) groups excluding carboxylic acids is 1. The molecule has 22 heavy (non-hydrogen) atoms. The SMILES string of the molecule is CC#CC1=CCC2C3CCC4=CC(=O)CCC4C3CCC12C. The summed E-state index contributed by atoms with van der Waals surface area (Å²) in [6.07, 6.45) is 12.6. The third-order valence-electron chi connectivity index (χ3n) is 7.14. The molecule has 0 bridgehead atoms. The third kappa shape index (κ3) is 1.96. The minimum atomic E-state index is 0.329. The molecule has 0 heterocycles. The summed E-state index contributed by atoms with van der Waals surface area (Å²) in [5.41, 5.74) is 3.23. The van der Waals surface area contributed by atoms with Crippen LogP contribution in [0, 0.1) is 40.9 Å². The highest BCUT2D eigenvalue weighted by molar-refractivity contribution is 5.91. The Kier molecular flexibility index (Phi) is 3.33. The molecule has 4 aliphatic carbocycles. The highest BCUT2D eigenvalue weighted by Crippen LogP contribution is 2.61. The predicted octanol–water partition coefficient (Wildman–Crippen LogP) is 4.69. The molecule has 116 valence electrons. The summed E-state index contributed by atoms with van der Waals surface area (Å²) in [5.74, 6) is 10.1. The topological polar surface area (TPSA) is 17.1 Å². The Morgan fingerprint density at radius 3 is 2.86 bits per heavy atom. The molecule has 2 saturated carbocycles. The normalized spacial score (nSPS) is 43.1. The standard InChI is InChI=1S/C21H26O/c1-3-4-15-6-10-20-19-8-5-14-13-16(22)7-9-17(14)18(19)11-12-21(15,20)2/h6,13,17-20H,5,7-12H2,1-2H3. The highest BCUT2D eigenvalue weighted by Gasteiger charge is 2.53. The van der Waals surface area contributed by atoms with E-state index < -0.39 is 0 Å². The van der Waals surface area contributed by atoms with Crippen LogP contribution in [0.4, 0.5) is 0 Å². The Hall–Kier alpha value is -1.29. The number of hydrogen-bond acceptors (Lipinski definition) is 1. The maximum atomic E-state index is 11.7. The van der Waals surface area contributed by atoms with Crippen LogP contribution >= 0.6 is 0 Å². The molecule has 5 unspecified atom stereocenters. The van der Waals surface area contributed by atoms with E-state index in [1.54, 1.807) is 0 Å². The summed E-state index contributed by atoms with van der Waals surface area (Å²) < 4.78 is 0.